The summed E-state index contributed by atoms with van der Waals surface area (Å²) < 4.78 is 5.48. The van der Waals surface area contributed by atoms with Crippen LogP contribution in [0.15, 0.2) is 18.2 Å². The minimum absolute atomic E-state index is 0.0217. The molecule has 1 heterocycles. The van der Waals surface area contributed by atoms with Gasteiger partial charge in [0.15, 0.2) is 6.61 Å². The van der Waals surface area contributed by atoms with Crippen LogP contribution in [-0.4, -0.2) is 31.6 Å². The summed E-state index contributed by atoms with van der Waals surface area (Å²) in [5, 5.41) is 6.85. The van der Waals surface area contributed by atoms with Crippen molar-refractivity contribution in [3.63, 3.8) is 0 Å². The molecule has 1 aliphatic heterocycles. The molecule has 1 saturated heterocycles. The van der Waals surface area contributed by atoms with Gasteiger partial charge in [0.1, 0.15) is 5.75 Å². The summed E-state index contributed by atoms with van der Waals surface area (Å²) in [6, 6.07) is 5.82. The molecule has 0 radical (unpaired) electrons. The third-order valence-corrected chi connectivity index (χ3v) is 3.69. The van der Waals surface area contributed by atoms with Crippen LogP contribution in [0.4, 0.5) is 0 Å². The average Bonchev–Trinajstić information content (AvgIpc) is 2.91. The highest BCUT2D eigenvalue weighted by atomic mass is 35.5. The Morgan fingerprint density at radius 2 is 2.42 bits per heavy atom. The number of rotatable bonds is 5. The molecule has 0 spiro atoms. The molecule has 5 heteroatoms. The van der Waals surface area contributed by atoms with Crippen LogP contribution in [0.25, 0.3) is 0 Å². The molecule has 1 amide bonds. The van der Waals surface area contributed by atoms with E-state index in [9.17, 15) is 4.79 Å². The van der Waals surface area contributed by atoms with Crippen molar-refractivity contribution in [3.8, 4) is 5.75 Å². The van der Waals surface area contributed by atoms with Gasteiger partial charge in [0.25, 0.3) is 5.91 Å². The van der Waals surface area contributed by atoms with E-state index in [1.165, 1.54) is 6.42 Å². The Labute approximate surface area is 118 Å². The SMILES string of the molecule is Cc1c(Cl)cccc1OCC(=O)NCC1CCCN1. The molecule has 1 unspecified atom stereocenters. The molecule has 19 heavy (non-hydrogen) atoms. The zero-order chi connectivity index (χ0) is 13.7. The van der Waals surface area contributed by atoms with Crippen LogP contribution in [-0.2, 0) is 4.79 Å². The van der Waals surface area contributed by atoms with E-state index in [-0.39, 0.29) is 12.5 Å². The summed E-state index contributed by atoms with van der Waals surface area (Å²) in [6.07, 6.45) is 2.30. The van der Waals surface area contributed by atoms with Crippen molar-refractivity contribution in [1.82, 2.24) is 10.6 Å². The summed E-state index contributed by atoms with van der Waals surface area (Å²) in [5.74, 6) is 0.551. The van der Waals surface area contributed by atoms with Crippen molar-refractivity contribution in [3.05, 3.63) is 28.8 Å². The largest absolute Gasteiger partial charge is 0.483 e. The first-order valence-corrected chi connectivity index (χ1v) is 6.92. The Morgan fingerprint density at radius 3 is 3.16 bits per heavy atom. The maximum Gasteiger partial charge on any atom is 0.257 e. The van der Waals surface area contributed by atoms with Gasteiger partial charge >= 0.3 is 0 Å². The maximum absolute atomic E-state index is 11.7. The van der Waals surface area contributed by atoms with Crippen LogP contribution in [0, 0.1) is 6.92 Å². The van der Waals surface area contributed by atoms with Crippen molar-refractivity contribution in [2.24, 2.45) is 0 Å². The number of hydrogen-bond acceptors (Lipinski definition) is 3. The molecule has 0 saturated carbocycles. The highest BCUT2D eigenvalue weighted by Gasteiger charge is 2.14. The van der Waals surface area contributed by atoms with Crippen molar-refractivity contribution in [1.29, 1.82) is 0 Å². The molecule has 104 valence electrons. The van der Waals surface area contributed by atoms with Crippen LogP contribution in [0.1, 0.15) is 18.4 Å². The number of amides is 1. The van der Waals surface area contributed by atoms with E-state index < -0.39 is 0 Å². The van der Waals surface area contributed by atoms with E-state index in [1.54, 1.807) is 6.07 Å². The molecule has 1 aliphatic rings. The fraction of sp³-hybridized carbons (Fsp3) is 0.500. The van der Waals surface area contributed by atoms with Gasteiger partial charge in [-0.25, -0.2) is 0 Å². The van der Waals surface area contributed by atoms with E-state index in [4.69, 9.17) is 16.3 Å². The first-order valence-electron chi connectivity index (χ1n) is 6.55. The third kappa shape index (κ3) is 4.11. The number of hydrogen-bond donors (Lipinski definition) is 2. The molecular formula is C14H19ClN2O2. The second-order valence-electron chi connectivity index (χ2n) is 4.75. The van der Waals surface area contributed by atoms with Crippen LogP contribution >= 0.6 is 11.6 Å². The van der Waals surface area contributed by atoms with E-state index in [0.29, 0.717) is 23.4 Å². The highest BCUT2D eigenvalue weighted by molar-refractivity contribution is 6.31. The van der Waals surface area contributed by atoms with Gasteiger partial charge in [-0.1, -0.05) is 17.7 Å². The normalized spacial score (nSPS) is 18.3. The lowest BCUT2D eigenvalue weighted by Gasteiger charge is -2.13. The van der Waals surface area contributed by atoms with Crippen molar-refractivity contribution in [2.75, 3.05) is 19.7 Å². The van der Waals surface area contributed by atoms with Gasteiger partial charge in [-0.3, -0.25) is 4.79 Å². The average molecular weight is 283 g/mol. The fourth-order valence-corrected chi connectivity index (χ4v) is 2.27. The van der Waals surface area contributed by atoms with Gasteiger partial charge in [-0.15, -0.1) is 0 Å². The number of benzene rings is 1. The van der Waals surface area contributed by atoms with E-state index in [0.717, 1.165) is 18.5 Å². The first kappa shape index (κ1) is 14.2. The number of carbonyl (C=O) groups is 1. The van der Waals surface area contributed by atoms with E-state index in [2.05, 4.69) is 10.6 Å². The zero-order valence-electron chi connectivity index (χ0n) is 11.0. The lowest BCUT2D eigenvalue weighted by atomic mass is 10.2. The minimum Gasteiger partial charge on any atom is -0.483 e. The molecular weight excluding hydrogens is 264 g/mol. The molecule has 1 atom stereocenters. The predicted octanol–water partition coefficient (Wildman–Crippen LogP) is 1.90. The Balaban J connectivity index is 1.75. The monoisotopic (exact) mass is 282 g/mol. The van der Waals surface area contributed by atoms with Crippen LogP contribution in [0.5, 0.6) is 5.75 Å². The Kier molecular flexibility index (Phi) is 5.05. The Morgan fingerprint density at radius 1 is 1.58 bits per heavy atom. The molecule has 1 aromatic rings. The molecule has 1 aromatic carbocycles. The molecule has 2 rings (SSSR count). The maximum atomic E-state index is 11.7. The molecule has 2 N–H and O–H groups in total. The van der Waals surface area contributed by atoms with Gasteiger partial charge in [0, 0.05) is 23.2 Å². The number of halogens is 1. The minimum atomic E-state index is -0.104. The van der Waals surface area contributed by atoms with Crippen LogP contribution in [0.3, 0.4) is 0 Å². The van der Waals surface area contributed by atoms with Crippen molar-refractivity contribution >= 4 is 17.5 Å². The van der Waals surface area contributed by atoms with Gasteiger partial charge in [0.2, 0.25) is 0 Å². The summed E-state index contributed by atoms with van der Waals surface area (Å²) in [4.78, 5) is 11.7. The predicted molar refractivity (Wildman–Crippen MR) is 75.7 cm³/mol. The first-order chi connectivity index (χ1) is 9.16. The second-order valence-corrected chi connectivity index (χ2v) is 5.16. The second kappa shape index (κ2) is 6.78. The van der Waals surface area contributed by atoms with E-state index in [1.807, 2.05) is 19.1 Å². The molecule has 1 fully saturated rings. The number of carbonyl (C=O) groups excluding carboxylic acids is 1. The highest BCUT2D eigenvalue weighted by Crippen LogP contribution is 2.24. The molecule has 0 aliphatic carbocycles. The molecule has 0 aromatic heterocycles. The Bertz CT molecular complexity index is 445. The van der Waals surface area contributed by atoms with Gasteiger partial charge in [-0.2, -0.15) is 0 Å². The molecule has 0 bridgehead atoms. The van der Waals surface area contributed by atoms with Crippen LogP contribution < -0.4 is 15.4 Å². The van der Waals surface area contributed by atoms with Crippen molar-refractivity contribution < 1.29 is 9.53 Å². The van der Waals surface area contributed by atoms with Gasteiger partial charge < -0.3 is 15.4 Å². The zero-order valence-corrected chi connectivity index (χ0v) is 11.8. The summed E-state index contributed by atoms with van der Waals surface area (Å²) >= 11 is 5.99. The third-order valence-electron chi connectivity index (χ3n) is 3.28. The summed E-state index contributed by atoms with van der Waals surface area (Å²) in [6.45, 7) is 3.60. The summed E-state index contributed by atoms with van der Waals surface area (Å²) in [7, 11) is 0. The van der Waals surface area contributed by atoms with Gasteiger partial charge in [-0.05, 0) is 38.4 Å². The number of nitrogens with one attached hydrogen (secondary N) is 2. The topological polar surface area (TPSA) is 50.4 Å². The van der Waals surface area contributed by atoms with Crippen LogP contribution in [0.2, 0.25) is 5.02 Å². The van der Waals surface area contributed by atoms with Crippen molar-refractivity contribution in [2.45, 2.75) is 25.8 Å². The number of ether oxygens (including phenoxy) is 1. The standard InChI is InChI=1S/C14H19ClN2O2/c1-10-12(15)5-2-6-13(10)19-9-14(18)17-8-11-4-3-7-16-11/h2,5-6,11,16H,3-4,7-9H2,1H3,(H,17,18). The van der Waals surface area contributed by atoms with Gasteiger partial charge in [0.05, 0.1) is 0 Å². The quantitative estimate of drug-likeness (QED) is 0.867. The fourth-order valence-electron chi connectivity index (χ4n) is 2.11. The lowest BCUT2D eigenvalue weighted by molar-refractivity contribution is -0.123. The smallest absolute Gasteiger partial charge is 0.257 e. The molecule has 4 nitrogen and oxygen atoms in total. The lowest BCUT2D eigenvalue weighted by Crippen LogP contribution is -2.39. The van der Waals surface area contributed by atoms with E-state index >= 15 is 0 Å². The Hall–Kier alpha value is -1.26. The summed E-state index contributed by atoms with van der Waals surface area (Å²) in [5.41, 5.74) is 0.856.